The molecule has 1 aliphatic heterocycles. The molecule has 1 unspecified atom stereocenters. The van der Waals surface area contributed by atoms with Crippen molar-refractivity contribution in [3.8, 4) is 0 Å². The molecular weight excluding hydrogens is 208 g/mol. The van der Waals surface area contributed by atoms with Crippen molar-refractivity contribution in [2.75, 3.05) is 33.7 Å². The minimum Gasteiger partial charge on any atom is -0.481 e. The molecule has 5 heteroatoms. The van der Waals surface area contributed by atoms with Gasteiger partial charge in [0.15, 0.2) is 0 Å². The van der Waals surface area contributed by atoms with Gasteiger partial charge < -0.3 is 14.9 Å². The number of carbonyl (C=O) groups excluding carboxylic acids is 1. The SMILES string of the molecule is CC(C(=O)O)C1CN(C(=O)CCN(C)C)C1. The highest BCUT2D eigenvalue weighted by molar-refractivity contribution is 5.78. The standard InChI is InChI=1S/C11H20N2O3/c1-8(11(15)16)9-6-13(7-9)10(14)4-5-12(2)3/h8-9H,4-7H2,1-3H3,(H,15,16). The van der Waals surface area contributed by atoms with Crippen molar-refractivity contribution in [1.29, 1.82) is 0 Å². The fourth-order valence-electron chi connectivity index (χ4n) is 1.71. The van der Waals surface area contributed by atoms with E-state index in [1.165, 1.54) is 0 Å². The quantitative estimate of drug-likeness (QED) is 0.726. The molecule has 0 saturated carbocycles. The van der Waals surface area contributed by atoms with Gasteiger partial charge in [0.05, 0.1) is 5.92 Å². The zero-order valence-electron chi connectivity index (χ0n) is 10.1. The van der Waals surface area contributed by atoms with E-state index in [1.54, 1.807) is 11.8 Å². The van der Waals surface area contributed by atoms with Crippen LogP contribution in [0.15, 0.2) is 0 Å². The first-order valence-electron chi connectivity index (χ1n) is 5.57. The average Bonchev–Trinajstić information content (AvgIpc) is 2.11. The fourth-order valence-corrected chi connectivity index (χ4v) is 1.71. The van der Waals surface area contributed by atoms with Gasteiger partial charge in [0, 0.05) is 32.0 Å². The highest BCUT2D eigenvalue weighted by Gasteiger charge is 2.36. The van der Waals surface area contributed by atoms with E-state index in [4.69, 9.17) is 5.11 Å². The number of carbonyl (C=O) groups is 2. The molecular formula is C11H20N2O3. The van der Waals surface area contributed by atoms with E-state index in [-0.39, 0.29) is 17.7 Å². The van der Waals surface area contributed by atoms with E-state index < -0.39 is 5.97 Å². The highest BCUT2D eigenvalue weighted by Crippen LogP contribution is 2.24. The molecule has 0 aliphatic carbocycles. The van der Waals surface area contributed by atoms with E-state index in [2.05, 4.69) is 0 Å². The van der Waals surface area contributed by atoms with Crippen LogP contribution in [0.1, 0.15) is 13.3 Å². The molecule has 5 nitrogen and oxygen atoms in total. The smallest absolute Gasteiger partial charge is 0.306 e. The molecule has 1 fully saturated rings. The van der Waals surface area contributed by atoms with E-state index in [9.17, 15) is 9.59 Å². The van der Waals surface area contributed by atoms with Gasteiger partial charge in [0.2, 0.25) is 5.91 Å². The number of hydrogen-bond donors (Lipinski definition) is 1. The molecule has 1 atom stereocenters. The molecule has 1 heterocycles. The minimum absolute atomic E-state index is 0.126. The van der Waals surface area contributed by atoms with Crippen LogP contribution in [0.25, 0.3) is 0 Å². The van der Waals surface area contributed by atoms with Crippen LogP contribution in [-0.4, -0.2) is 60.5 Å². The number of likely N-dealkylation sites (tertiary alicyclic amines) is 1. The Bertz CT molecular complexity index is 272. The number of rotatable bonds is 5. The summed E-state index contributed by atoms with van der Waals surface area (Å²) in [4.78, 5) is 26.0. The van der Waals surface area contributed by atoms with E-state index >= 15 is 0 Å². The maximum atomic E-state index is 11.6. The van der Waals surface area contributed by atoms with Crippen molar-refractivity contribution in [2.45, 2.75) is 13.3 Å². The Morgan fingerprint density at radius 3 is 2.44 bits per heavy atom. The normalized spacial score (nSPS) is 18.4. The Labute approximate surface area is 96.0 Å². The summed E-state index contributed by atoms with van der Waals surface area (Å²) >= 11 is 0. The van der Waals surface area contributed by atoms with Crippen LogP contribution in [0, 0.1) is 11.8 Å². The molecule has 0 aromatic carbocycles. The summed E-state index contributed by atoms with van der Waals surface area (Å²) in [7, 11) is 3.86. The first-order chi connectivity index (χ1) is 7.41. The lowest BCUT2D eigenvalue weighted by molar-refractivity contribution is -0.150. The molecule has 0 bridgehead atoms. The van der Waals surface area contributed by atoms with Crippen molar-refractivity contribution in [3.63, 3.8) is 0 Å². The topological polar surface area (TPSA) is 60.9 Å². The molecule has 92 valence electrons. The molecule has 1 saturated heterocycles. The van der Waals surface area contributed by atoms with Gasteiger partial charge in [-0.1, -0.05) is 6.92 Å². The number of carboxylic acid groups (broad SMARTS) is 1. The first-order valence-corrected chi connectivity index (χ1v) is 5.57. The van der Waals surface area contributed by atoms with Gasteiger partial charge in [-0.25, -0.2) is 0 Å². The van der Waals surface area contributed by atoms with E-state index in [1.807, 2.05) is 19.0 Å². The Kier molecular flexibility index (Phi) is 4.29. The van der Waals surface area contributed by atoms with Crippen molar-refractivity contribution >= 4 is 11.9 Å². The second-order valence-electron chi connectivity index (χ2n) is 4.74. The molecule has 1 aliphatic rings. The molecule has 0 spiro atoms. The van der Waals surface area contributed by atoms with Gasteiger partial charge >= 0.3 is 5.97 Å². The van der Waals surface area contributed by atoms with Gasteiger partial charge in [0.25, 0.3) is 0 Å². The van der Waals surface area contributed by atoms with Crippen LogP contribution in [0.5, 0.6) is 0 Å². The van der Waals surface area contributed by atoms with Gasteiger partial charge in [-0.3, -0.25) is 9.59 Å². The van der Waals surface area contributed by atoms with Crippen molar-refractivity contribution in [1.82, 2.24) is 9.80 Å². The van der Waals surface area contributed by atoms with Crippen LogP contribution >= 0.6 is 0 Å². The largest absolute Gasteiger partial charge is 0.481 e. The predicted octanol–water partition coefficient (Wildman–Crippen LogP) is 0.117. The lowest BCUT2D eigenvalue weighted by Gasteiger charge is -2.41. The summed E-state index contributed by atoms with van der Waals surface area (Å²) in [6, 6.07) is 0. The number of carboxylic acids is 1. The Hall–Kier alpha value is -1.10. The molecule has 1 N–H and O–H groups in total. The Balaban J connectivity index is 2.25. The lowest BCUT2D eigenvalue weighted by atomic mass is 9.87. The van der Waals surface area contributed by atoms with Crippen LogP contribution in [0.4, 0.5) is 0 Å². The Morgan fingerprint density at radius 2 is 2.00 bits per heavy atom. The molecule has 0 aromatic heterocycles. The summed E-state index contributed by atoms with van der Waals surface area (Å²) in [5.41, 5.74) is 0. The van der Waals surface area contributed by atoms with Crippen molar-refractivity contribution in [3.05, 3.63) is 0 Å². The lowest BCUT2D eigenvalue weighted by Crippen LogP contribution is -2.53. The average molecular weight is 228 g/mol. The van der Waals surface area contributed by atoms with Crippen LogP contribution in [-0.2, 0) is 9.59 Å². The molecule has 0 radical (unpaired) electrons. The van der Waals surface area contributed by atoms with Gasteiger partial charge in [-0.05, 0) is 14.1 Å². The zero-order chi connectivity index (χ0) is 12.3. The number of amides is 1. The van der Waals surface area contributed by atoms with E-state index in [0.717, 1.165) is 6.54 Å². The predicted molar refractivity (Wildman–Crippen MR) is 60.0 cm³/mol. The summed E-state index contributed by atoms with van der Waals surface area (Å²) < 4.78 is 0. The van der Waals surface area contributed by atoms with Gasteiger partial charge in [0.1, 0.15) is 0 Å². The summed E-state index contributed by atoms with van der Waals surface area (Å²) in [6.45, 7) is 3.64. The summed E-state index contributed by atoms with van der Waals surface area (Å²) in [6.07, 6.45) is 0.515. The highest BCUT2D eigenvalue weighted by atomic mass is 16.4. The maximum Gasteiger partial charge on any atom is 0.306 e. The summed E-state index contributed by atoms with van der Waals surface area (Å²) in [5.74, 6) is -0.869. The third kappa shape index (κ3) is 3.20. The monoisotopic (exact) mass is 228 g/mol. The molecule has 1 rings (SSSR count). The van der Waals surface area contributed by atoms with E-state index in [0.29, 0.717) is 19.5 Å². The second-order valence-corrected chi connectivity index (χ2v) is 4.74. The van der Waals surface area contributed by atoms with Gasteiger partial charge in [-0.2, -0.15) is 0 Å². The second kappa shape index (κ2) is 5.30. The van der Waals surface area contributed by atoms with Crippen molar-refractivity contribution in [2.24, 2.45) is 11.8 Å². The van der Waals surface area contributed by atoms with Crippen LogP contribution in [0.2, 0.25) is 0 Å². The van der Waals surface area contributed by atoms with Crippen molar-refractivity contribution < 1.29 is 14.7 Å². The third-order valence-electron chi connectivity index (χ3n) is 3.13. The molecule has 16 heavy (non-hydrogen) atoms. The minimum atomic E-state index is -0.773. The summed E-state index contributed by atoms with van der Waals surface area (Å²) in [5, 5.41) is 8.81. The first kappa shape index (κ1) is 13.0. The van der Waals surface area contributed by atoms with Crippen LogP contribution in [0.3, 0.4) is 0 Å². The maximum absolute atomic E-state index is 11.6. The zero-order valence-corrected chi connectivity index (χ0v) is 10.1. The third-order valence-corrected chi connectivity index (χ3v) is 3.13. The van der Waals surface area contributed by atoms with Crippen LogP contribution < -0.4 is 0 Å². The molecule has 0 aromatic rings. The van der Waals surface area contributed by atoms with Gasteiger partial charge in [-0.15, -0.1) is 0 Å². The number of aliphatic carboxylic acids is 1. The Morgan fingerprint density at radius 1 is 1.44 bits per heavy atom. The number of hydrogen-bond acceptors (Lipinski definition) is 3. The number of nitrogens with zero attached hydrogens (tertiary/aromatic N) is 2. The molecule has 1 amide bonds. The fraction of sp³-hybridized carbons (Fsp3) is 0.818.